The van der Waals surface area contributed by atoms with Crippen molar-refractivity contribution in [3.63, 3.8) is 0 Å². The van der Waals surface area contributed by atoms with Gasteiger partial charge in [-0.3, -0.25) is 0 Å². The molecule has 1 atom stereocenters. The van der Waals surface area contributed by atoms with Gasteiger partial charge in [-0.1, -0.05) is 343 Å². The summed E-state index contributed by atoms with van der Waals surface area (Å²) in [4.78, 5) is 5.20. The summed E-state index contributed by atoms with van der Waals surface area (Å²) in [6, 6.07) is 139. The van der Waals surface area contributed by atoms with Crippen molar-refractivity contribution >= 4 is 34.1 Å². The predicted molar refractivity (Wildman–Crippen MR) is 440 cm³/mol. The van der Waals surface area contributed by atoms with E-state index in [1.54, 1.807) is 0 Å². The van der Waals surface area contributed by atoms with Gasteiger partial charge >= 0.3 is 0 Å². The third-order valence-corrected chi connectivity index (χ3v) is 25.1. The molecule has 1 unspecified atom stereocenters. The molecule has 0 N–H and O–H groups in total. The molecule has 16 aromatic rings. The Bertz CT molecular complexity index is 6380. The Morgan fingerprint density at radius 1 is 0.170 bits per heavy atom. The molecule has 6 aliphatic carbocycles. The molecule has 0 saturated heterocycles. The molecule has 16 aromatic carbocycles. The van der Waals surface area contributed by atoms with Crippen LogP contribution in [0.15, 0.2) is 364 Å². The molecule has 2 heteroatoms. The van der Waals surface area contributed by atoms with Crippen molar-refractivity contribution < 1.29 is 0 Å². The lowest BCUT2D eigenvalue weighted by atomic mass is 9.70. The van der Waals surface area contributed by atoms with Crippen molar-refractivity contribution in [2.75, 3.05) is 9.80 Å². The minimum Gasteiger partial charge on any atom is -0.309 e. The van der Waals surface area contributed by atoms with Crippen molar-refractivity contribution in [2.45, 2.75) is 49.4 Å². The van der Waals surface area contributed by atoms with E-state index < -0.39 is 10.8 Å². The SMILES string of the molecule is CC1(C)c2ccccc2-c2cc(N(c3ccccc3-c3ccccc3)c3cccc4c3-c3ccccc3C43c4ccccc4-c4cc(-c5ccc(-c6ccccc6N(c6cccc7c6-c6ccccc6C7(C)C)c6cccc7c6-c6ccccc6C76c7ccccc7-c7ccccc76)cc5)ccc43)ccc21. The Morgan fingerprint density at radius 2 is 0.462 bits per heavy atom. The zero-order valence-corrected chi connectivity index (χ0v) is 59.5. The topological polar surface area (TPSA) is 6.48 Å². The summed E-state index contributed by atoms with van der Waals surface area (Å²) >= 11 is 0. The van der Waals surface area contributed by atoms with Gasteiger partial charge in [-0.25, -0.2) is 0 Å². The summed E-state index contributed by atoms with van der Waals surface area (Å²) in [5, 5.41) is 0. The molecule has 0 aromatic heterocycles. The Labute approximate surface area is 620 Å². The van der Waals surface area contributed by atoms with Crippen LogP contribution in [0.1, 0.15) is 94.5 Å². The smallest absolute Gasteiger partial charge is 0.0726 e. The van der Waals surface area contributed by atoms with Gasteiger partial charge in [-0.15, -0.1) is 0 Å². The first-order valence-electron chi connectivity index (χ1n) is 37.5. The molecule has 106 heavy (non-hydrogen) atoms. The molecule has 498 valence electrons. The molecule has 0 aliphatic heterocycles. The van der Waals surface area contributed by atoms with Crippen molar-refractivity contribution in [3.8, 4) is 100 Å². The van der Waals surface area contributed by atoms with Gasteiger partial charge in [0.1, 0.15) is 0 Å². The zero-order chi connectivity index (χ0) is 70.4. The Hall–Kier alpha value is -12.9. The fourth-order valence-corrected chi connectivity index (χ4v) is 20.7. The maximum Gasteiger partial charge on any atom is 0.0726 e. The monoisotopic (exact) mass is 1350 g/mol. The maximum absolute atomic E-state index is 2.63. The number of nitrogens with zero attached hydrogens (tertiary/aromatic N) is 2. The van der Waals surface area contributed by atoms with Gasteiger partial charge in [0.2, 0.25) is 0 Å². The number of hydrogen-bond donors (Lipinski definition) is 0. The fraction of sp³-hybridized carbons (Fsp3) is 0.0769. The molecule has 0 saturated carbocycles. The lowest BCUT2D eigenvalue weighted by molar-refractivity contribution is 0.660. The van der Waals surface area contributed by atoms with Gasteiger partial charge < -0.3 is 9.80 Å². The highest BCUT2D eigenvalue weighted by atomic mass is 15.2. The number of anilines is 6. The first kappa shape index (κ1) is 60.7. The Morgan fingerprint density at radius 3 is 0.991 bits per heavy atom. The van der Waals surface area contributed by atoms with Crippen molar-refractivity contribution in [2.24, 2.45) is 0 Å². The largest absolute Gasteiger partial charge is 0.309 e. The number of fused-ring (bicyclic) bond motifs is 26. The number of rotatable bonds is 9. The van der Waals surface area contributed by atoms with Gasteiger partial charge in [0.25, 0.3) is 0 Å². The van der Waals surface area contributed by atoms with E-state index >= 15 is 0 Å². The standard InChI is InChI=1S/C104H72N2/c1-101(2)81-40-17-8-35-74(81)80-64-69(60-62-83(80)101)105(93-50-24-15-31-70(93)66-29-6-5-7-30-66)95-52-27-48-91-99(95)77-38-13-23-46-88(77)104(91)86-44-21-11-36-75(86)79-63-68(59-61-89(79)104)65-55-57-67(58-56-65)71-32-16-25-51-94(71)106(96-53-26-47-90-98(96)76-37-12-18-41-82(76)102(90,3)4)97-54-28-49-92-100(97)78-39-14-22-45-87(78)103(92)84-42-19-9-33-72(84)73-34-10-20-43-85(73)103/h5-64H,1-4H3. The van der Waals surface area contributed by atoms with Crippen LogP contribution in [-0.2, 0) is 21.7 Å². The van der Waals surface area contributed by atoms with Crippen LogP contribution in [0.3, 0.4) is 0 Å². The summed E-state index contributed by atoms with van der Waals surface area (Å²) in [5.41, 5.74) is 43.7. The second kappa shape index (κ2) is 22.3. The van der Waals surface area contributed by atoms with Crippen LogP contribution in [-0.4, -0.2) is 0 Å². The first-order valence-corrected chi connectivity index (χ1v) is 37.5. The molecule has 2 nitrogen and oxygen atoms in total. The van der Waals surface area contributed by atoms with Gasteiger partial charge in [-0.2, -0.15) is 0 Å². The third-order valence-electron chi connectivity index (χ3n) is 25.1. The number of hydrogen-bond acceptors (Lipinski definition) is 2. The molecule has 0 amide bonds. The fourth-order valence-electron chi connectivity index (χ4n) is 20.7. The normalized spacial score (nSPS) is 15.6. The molecule has 6 aliphatic rings. The highest BCUT2D eigenvalue weighted by molar-refractivity contribution is 6.07. The van der Waals surface area contributed by atoms with E-state index in [-0.39, 0.29) is 10.8 Å². The molecule has 0 fully saturated rings. The summed E-state index contributed by atoms with van der Waals surface area (Å²) in [6.07, 6.45) is 0. The van der Waals surface area contributed by atoms with E-state index in [9.17, 15) is 0 Å². The highest BCUT2D eigenvalue weighted by Crippen LogP contribution is 2.68. The van der Waals surface area contributed by atoms with Gasteiger partial charge in [-0.05, 0) is 188 Å². The Balaban J connectivity index is 0.696. The van der Waals surface area contributed by atoms with Gasteiger partial charge in [0.15, 0.2) is 0 Å². The van der Waals surface area contributed by atoms with Crippen LogP contribution in [0.5, 0.6) is 0 Å². The van der Waals surface area contributed by atoms with Crippen LogP contribution in [0.2, 0.25) is 0 Å². The van der Waals surface area contributed by atoms with Crippen LogP contribution in [0, 0.1) is 0 Å². The van der Waals surface area contributed by atoms with E-state index in [0.29, 0.717) is 0 Å². The lowest BCUT2D eigenvalue weighted by Gasteiger charge is -2.33. The molecular weight excluding hydrogens is 1280 g/mol. The minimum absolute atomic E-state index is 0.129. The highest BCUT2D eigenvalue weighted by Gasteiger charge is 2.55. The molecular formula is C104H72N2. The minimum atomic E-state index is -0.596. The summed E-state index contributed by atoms with van der Waals surface area (Å²) in [5.74, 6) is 0. The molecule has 0 heterocycles. The second-order valence-corrected chi connectivity index (χ2v) is 30.8. The maximum atomic E-state index is 2.63. The van der Waals surface area contributed by atoms with E-state index in [1.807, 2.05) is 0 Å². The second-order valence-electron chi connectivity index (χ2n) is 30.8. The van der Waals surface area contributed by atoms with Crippen LogP contribution in [0.4, 0.5) is 34.1 Å². The summed E-state index contributed by atoms with van der Waals surface area (Å²) in [7, 11) is 0. The molecule has 0 bridgehead atoms. The van der Waals surface area contributed by atoms with E-state index in [2.05, 4.69) is 401 Å². The van der Waals surface area contributed by atoms with Crippen LogP contribution in [0.25, 0.3) is 100 Å². The number of para-hydroxylation sites is 2. The Kier molecular flexibility index (Phi) is 12.8. The average molecular weight is 1350 g/mol. The van der Waals surface area contributed by atoms with Crippen LogP contribution < -0.4 is 9.80 Å². The number of benzene rings is 16. The molecule has 0 radical (unpaired) electrons. The van der Waals surface area contributed by atoms with Gasteiger partial charge in [0.05, 0.1) is 39.3 Å². The molecule has 2 spiro atoms. The summed E-state index contributed by atoms with van der Waals surface area (Å²) < 4.78 is 0. The van der Waals surface area contributed by atoms with E-state index in [0.717, 1.165) is 39.6 Å². The zero-order valence-electron chi connectivity index (χ0n) is 59.5. The average Bonchev–Trinajstić information content (AvgIpc) is 1.51. The lowest BCUT2D eigenvalue weighted by Crippen LogP contribution is -2.26. The van der Waals surface area contributed by atoms with Crippen molar-refractivity contribution in [1.82, 2.24) is 0 Å². The summed E-state index contributed by atoms with van der Waals surface area (Å²) in [6.45, 7) is 9.54. The van der Waals surface area contributed by atoms with E-state index in [1.165, 1.54) is 161 Å². The third kappa shape index (κ3) is 8.00. The van der Waals surface area contributed by atoms with Crippen molar-refractivity contribution in [3.05, 3.63) is 431 Å². The van der Waals surface area contributed by atoms with E-state index in [4.69, 9.17) is 0 Å². The van der Waals surface area contributed by atoms with Crippen LogP contribution >= 0.6 is 0 Å². The first-order chi connectivity index (χ1) is 52.1. The van der Waals surface area contributed by atoms with Crippen molar-refractivity contribution in [1.29, 1.82) is 0 Å². The quantitative estimate of drug-likeness (QED) is 0.142. The molecule has 22 rings (SSSR count). The van der Waals surface area contributed by atoms with Gasteiger partial charge in [0, 0.05) is 44.3 Å². The predicted octanol–water partition coefficient (Wildman–Crippen LogP) is 26.9.